The van der Waals surface area contributed by atoms with Crippen LogP contribution in [0.1, 0.15) is 33.6 Å². The van der Waals surface area contributed by atoms with Gasteiger partial charge in [-0.25, -0.2) is 0 Å². The molecule has 0 aliphatic heterocycles. The van der Waals surface area contributed by atoms with Crippen LogP contribution < -0.4 is 0 Å². The largest absolute Gasteiger partial charge is 0.393 e. The Morgan fingerprint density at radius 3 is 2.31 bits per heavy atom. The molecule has 0 aromatic rings. The number of hydrogen-bond acceptors (Lipinski definition) is 2. The summed E-state index contributed by atoms with van der Waals surface area (Å²) in [6.45, 7) is 6.32. The molecule has 2 heteroatoms. The fourth-order valence-electron chi connectivity index (χ4n) is 1.45. The fraction of sp³-hybridized carbons (Fsp3) is 0.818. The Morgan fingerprint density at radius 2 is 1.92 bits per heavy atom. The third kappa shape index (κ3) is 5.83. The maximum absolute atomic E-state index is 9.66. The van der Waals surface area contributed by atoms with E-state index in [9.17, 15) is 5.11 Å². The minimum atomic E-state index is -0.273. The van der Waals surface area contributed by atoms with Gasteiger partial charge in [0.15, 0.2) is 0 Å². The highest BCUT2D eigenvalue weighted by Crippen LogP contribution is 2.18. The van der Waals surface area contributed by atoms with Crippen molar-refractivity contribution in [3.8, 4) is 0 Å². The van der Waals surface area contributed by atoms with Gasteiger partial charge in [-0.3, -0.25) is 0 Å². The highest BCUT2D eigenvalue weighted by molar-refractivity contribution is 4.91. The van der Waals surface area contributed by atoms with Crippen LogP contribution >= 0.6 is 0 Å². The number of aliphatic hydroxyl groups excluding tert-OH is 2. The van der Waals surface area contributed by atoms with Gasteiger partial charge in [-0.1, -0.05) is 32.9 Å². The third-order valence-corrected chi connectivity index (χ3v) is 2.14. The summed E-state index contributed by atoms with van der Waals surface area (Å²) in [6, 6.07) is 0. The first-order valence-electron chi connectivity index (χ1n) is 5.07. The van der Waals surface area contributed by atoms with E-state index < -0.39 is 0 Å². The van der Waals surface area contributed by atoms with Crippen molar-refractivity contribution >= 4 is 0 Å². The Hall–Kier alpha value is -0.340. The van der Waals surface area contributed by atoms with E-state index in [0.717, 1.165) is 12.8 Å². The summed E-state index contributed by atoms with van der Waals surface area (Å²) in [5.41, 5.74) is 0. The topological polar surface area (TPSA) is 40.5 Å². The van der Waals surface area contributed by atoms with Crippen molar-refractivity contribution in [2.45, 2.75) is 39.7 Å². The number of rotatable bonds is 6. The molecule has 0 heterocycles. The van der Waals surface area contributed by atoms with Crippen LogP contribution in [0.25, 0.3) is 0 Å². The molecule has 78 valence electrons. The summed E-state index contributed by atoms with van der Waals surface area (Å²) in [5, 5.41) is 18.3. The summed E-state index contributed by atoms with van der Waals surface area (Å²) < 4.78 is 0. The van der Waals surface area contributed by atoms with Crippen molar-refractivity contribution in [2.24, 2.45) is 11.8 Å². The van der Waals surface area contributed by atoms with Crippen molar-refractivity contribution < 1.29 is 10.2 Å². The van der Waals surface area contributed by atoms with Crippen LogP contribution in [0.3, 0.4) is 0 Å². The molecular formula is C11H22O2. The van der Waals surface area contributed by atoms with Crippen molar-refractivity contribution in [1.29, 1.82) is 0 Å². The lowest BCUT2D eigenvalue weighted by Gasteiger charge is -2.20. The van der Waals surface area contributed by atoms with Crippen LogP contribution in [-0.2, 0) is 0 Å². The predicted octanol–water partition coefficient (Wildman–Crippen LogP) is 1.97. The summed E-state index contributed by atoms with van der Waals surface area (Å²) in [5.74, 6) is 0.770. The van der Waals surface area contributed by atoms with Gasteiger partial charge in [-0.15, -0.1) is 0 Å². The Labute approximate surface area is 81.3 Å². The minimum Gasteiger partial charge on any atom is -0.393 e. The van der Waals surface area contributed by atoms with E-state index in [1.165, 1.54) is 0 Å². The normalized spacial score (nSPS) is 16.8. The third-order valence-electron chi connectivity index (χ3n) is 2.14. The molecule has 2 nitrogen and oxygen atoms in total. The number of aliphatic hydroxyl groups is 2. The van der Waals surface area contributed by atoms with E-state index in [4.69, 9.17) is 5.11 Å². The molecule has 0 aliphatic rings. The van der Waals surface area contributed by atoms with Gasteiger partial charge in [-0.05, 0) is 18.8 Å². The Morgan fingerprint density at radius 1 is 1.31 bits per heavy atom. The second-order valence-corrected chi connectivity index (χ2v) is 3.88. The van der Waals surface area contributed by atoms with E-state index in [2.05, 4.69) is 13.8 Å². The van der Waals surface area contributed by atoms with Gasteiger partial charge < -0.3 is 10.2 Å². The van der Waals surface area contributed by atoms with Gasteiger partial charge in [0.1, 0.15) is 0 Å². The van der Waals surface area contributed by atoms with Crippen molar-refractivity contribution in [1.82, 2.24) is 0 Å². The maximum Gasteiger partial charge on any atom is 0.0612 e. The predicted molar refractivity (Wildman–Crippen MR) is 55.5 cm³/mol. The SMILES string of the molecule is CC[C@@H](O)[C@@H](/C=C/CO)CC(C)C. The second kappa shape index (κ2) is 7.10. The zero-order valence-corrected chi connectivity index (χ0v) is 8.90. The summed E-state index contributed by atoms with van der Waals surface area (Å²) in [7, 11) is 0. The Balaban J connectivity index is 4.10. The van der Waals surface area contributed by atoms with Gasteiger partial charge in [0, 0.05) is 5.92 Å². The van der Waals surface area contributed by atoms with Gasteiger partial charge >= 0.3 is 0 Å². The quantitative estimate of drug-likeness (QED) is 0.623. The first kappa shape index (κ1) is 12.7. The van der Waals surface area contributed by atoms with Crippen LogP contribution in [0, 0.1) is 11.8 Å². The lowest BCUT2D eigenvalue weighted by Crippen LogP contribution is -2.19. The average molecular weight is 186 g/mol. The molecule has 0 saturated carbocycles. The molecule has 0 aromatic heterocycles. The standard InChI is InChI=1S/C11H22O2/c1-4-11(13)10(6-5-7-12)8-9(2)3/h5-6,9-13H,4,7-8H2,1-3H3/b6-5+/t10-,11+/m0/s1. The van der Waals surface area contributed by atoms with Crippen LogP contribution in [-0.4, -0.2) is 22.9 Å². The van der Waals surface area contributed by atoms with Crippen LogP contribution in [0.2, 0.25) is 0 Å². The molecule has 0 saturated heterocycles. The lowest BCUT2D eigenvalue weighted by molar-refractivity contribution is 0.114. The van der Waals surface area contributed by atoms with Gasteiger partial charge in [0.05, 0.1) is 12.7 Å². The Kier molecular flexibility index (Phi) is 6.92. The molecule has 0 aliphatic carbocycles. The molecule has 2 N–H and O–H groups in total. The van der Waals surface area contributed by atoms with E-state index in [1.54, 1.807) is 6.08 Å². The molecule has 2 atom stereocenters. The lowest BCUT2D eigenvalue weighted by atomic mass is 9.90. The van der Waals surface area contributed by atoms with Crippen LogP contribution in [0.5, 0.6) is 0 Å². The molecule has 0 unspecified atom stereocenters. The van der Waals surface area contributed by atoms with Gasteiger partial charge in [0.2, 0.25) is 0 Å². The maximum atomic E-state index is 9.66. The molecule has 0 rings (SSSR count). The molecular weight excluding hydrogens is 164 g/mol. The zero-order chi connectivity index (χ0) is 10.3. The first-order chi connectivity index (χ1) is 6.11. The van der Waals surface area contributed by atoms with Crippen molar-refractivity contribution in [3.63, 3.8) is 0 Å². The van der Waals surface area contributed by atoms with Gasteiger partial charge in [0.25, 0.3) is 0 Å². The first-order valence-corrected chi connectivity index (χ1v) is 5.07. The highest BCUT2D eigenvalue weighted by atomic mass is 16.3. The molecule has 0 radical (unpaired) electrons. The van der Waals surface area contributed by atoms with Crippen molar-refractivity contribution in [3.05, 3.63) is 12.2 Å². The molecule has 0 spiro atoms. The van der Waals surface area contributed by atoms with Crippen LogP contribution in [0.4, 0.5) is 0 Å². The number of hydrogen-bond donors (Lipinski definition) is 2. The smallest absolute Gasteiger partial charge is 0.0612 e. The van der Waals surface area contributed by atoms with E-state index in [-0.39, 0.29) is 18.6 Å². The summed E-state index contributed by atoms with van der Waals surface area (Å²) in [6.07, 6.45) is 5.11. The fourth-order valence-corrected chi connectivity index (χ4v) is 1.45. The summed E-state index contributed by atoms with van der Waals surface area (Å²) >= 11 is 0. The molecule has 0 aromatic carbocycles. The molecule has 0 amide bonds. The minimum absolute atomic E-state index is 0.0605. The van der Waals surface area contributed by atoms with Gasteiger partial charge in [-0.2, -0.15) is 0 Å². The van der Waals surface area contributed by atoms with Crippen LogP contribution in [0.15, 0.2) is 12.2 Å². The van der Waals surface area contributed by atoms with E-state index >= 15 is 0 Å². The molecule has 0 bridgehead atoms. The summed E-state index contributed by atoms with van der Waals surface area (Å²) in [4.78, 5) is 0. The van der Waals surface area contributed by atoms with Crippen molar-refractivity contribution in [2.75, 3.05) is 6.61 Å². The molecule has 0 fully saturated rings. The second-order valence-electron chi connectivity index (χ2n) is 3.88. The Bertz CT molecular complexity index is 141. The van der Waals surface area contributed by atoms with E-state index in [1.807, 2.05) is 13.0 Å². The zero-order valence-electron chi connectivity index (χ0n) is 8.90. The average Bonchev–Trinajstić information content (AvgIpc) is 2.10. The molecule has 13 heavy (non-hydrogen) atoms. The van der Waals surface area contributed by atoms with E-state index in [0.29, 0.717) is 5.92 Å². The monoisotopic (exact) mass is 186 g/mol. The highest BCUT2D eigenvalue weighted by Gasteiger charge is 2.15.